The lowest BCUT2D eigenvalue weighted by Gasteiger charge is -2.10. The maximum absolute atomic E-state index is 5.85. The number of hydrogen-bond donors (Lipinski definition) is 1. The predicted molar refractivity (Wildman–Crippen MR) is 53.7 cm³/mol. The van der Waals surface area contributed by atoms with E-state index < -0.39 is 0 Å². The summed E-state index contributed by atoms with van der Waals surface area (Å²) < 4.78 is 7.80. The molecule has 1 fully saturated rings. The third-order valence-electron chi connectivity index (χ3n) is 2.65. The predicted octanol–water partition coefficient (Wildman–Crippen LogP) is 0.989. The van der Waals surface area contributed by atoms with Crippen molar-refractivity contribution in [3.8, 4) is 0 Å². The molecule has 78 valence electrons. The van der Waals surface area contributed by atoms with E-state index >= 15 is 0 Å². The zero-order chi connectivity index (χ0) is 9.97. The Morgan fingerprint density at radius 2 is 2.50 bits per heavy atom. The fourth-order valence-electron chi connectivity index (χ4n) is 1.92. The molecule has 14 heavy (non-hydrogen) atoms. The number of ether oxygens (including phenoxy) is 1. The van der Waals surface area contributed by atoms with Gasteiger partial charge in [0.1, 0.15) is 6.10 Å². The first-order chi connectivity index (χ1) is 6.79. The van der Waals surface area contributed by atoms with E-state index in [4.69, 9.17) is 10.5 Å². The lowest BCUT2D eigenvalue weighted by molar-refractivity contribution is 0.0393. The van der Waals surface area contributed by atoms with Crippen LogP contribution in [0.1, 0.15) is 31.1 Å². The lowest BCUT2D eigenvalue weighted by atomic mass is 10.1. The number of hydrogen-bond acceptors (Lipinski definition) is 3. The Hall–Kier alpha value is -0.870. The molecule has 0 radical (unpaired) electrons. The third-order valence-corrected chi connectivity index (χ3v) is 2.65. The molecule has 2 rings (SSSR count). The molecule has 4 heteroatoms. The smallest absolute Gasteiger partial charge is 0.101 e. The van der Waals surface area contributed by atoms with Gasteiger partial charge in [0.2, 0.25) is 0 Å². The van der Waals surface area contributed by atoms with E-state index in [2.05, 4.69) is 4.98 Å². The first-order valence-electron chi connectivity index (χ1n) is 5.13. The summed E-state index contributed by atoms with van der Waals surface area (Å²) in [4.78, 5) is 4.30. The van der Waals surface area contributed by atoms with Gasteiger partial charge in [-0.2, -0.15) is 0 Å². The average Bonchev–Trinajstić information content (AvgIpc) is 2.74. The number of imidazole rings is 1. The second-order valence-corrected chi connectivity index (χ2v) is 3.87. The van der Waals surface area contributed by atoms with Gasteiger partial charge >= 0.3 is 0 Å². The number of nitrogens with zero attached hydrogens (tertiary/aromatic N) is 2. The van der Waals surface area contributed by atoms with Crippen LogP contribution in [0.3, 0.4) is 0 Å². The number of rotatable bonds is 3. The van der Waals surface area contributed by atoms with Gasteiger partial charge in [-0.05, 0) is 25.8 Å². The minimum Gasteiger partial charge on any atom is -0.369 e. The van der Waals surface area contributed by atoms with Crippen LogP contribution in [0.5, 0.6) is 0 Å². The second kappa shape index (κ2) is 4.11. The van der Waals surface area contributed by atoms with E-state index in [1.165, 1.54) is 0 Å². The summed E-state index contributed by atoms with van der Waals surface area (Å²) in [6.45, 7) is 0.708. The van der Waals surface area contributed by atoms with Crippen LogP contribution in [0.2, 0.25) is 0 Å². The van der Waals surface area contributed by atoms with Crippen LogP contribution in [0.15, 0.2) is 12.5 Å². The summed E-state index contributed by atoms with van der Waals surface area (Å²) in [7, 11) is 1.98. The Kier molecular flexibility index (Phi) is 2.84. The van der Waals surface area contributed by atoms with Crippen molar-refractivity contribution in [1.29, 1.82) is 0 Å². The summed E-state index contributed by atoms with van der Waals surface area (Å²) >= 11 is 0. The van der Waals surface area contributed by atoms with Crippen molar-refractivity contribution in [1.82, 2.24) is 9.55 Å². The van der Waals surface area contributed by atoms with Crippen molar-refractivity contribution in [2.24, 2.45) is 12.8 Å². The Morgan fingerprint density at radius 1 is 1.64 bits per heavy atom. The molecule has 0 spiro atoms. The molecule has 0 amide bonds. The highest BCUT2D eigenvalue weighted by Crippen LogP contribution is 2.32. The summed E-state index contributed by atoms with van der Waals surface area (Å²) in [5.41, 5.74) is 6.55. The van der Waals surface area contributed by atoms with Gasteiger partial charge in [0.25, 0.3) is 0 Å². The molecule has 0 aromatic carbocycles. The molecule has 1 aliphatic rings. The molecule has 0 aliphatic carbocycles. The van der Waals surface area contributed by atoms with Crippen molar-refractivity contribution >= 4 is 0 Å². The molecule has 2 atom stereocenters. The first kappa shape index (κ1) is 9.68. The highest BCUT2D eigenvalue weighted by molar-refractivity contribution is 5.03. The van der Waals surface area contributed by atoms with Crippen LogP contribution >= 0.6 is 0 Å². The molecule has 1 saturated heterocycles. The molecule has 2 N–H and O–H groups in total. The van der Waals surface area contributed by atoms with Crippen LogP contribution in [0.4, 0.5) is 0 Å². The fourth-order valence-corrected chi connectivity index (χ4v) is 1.92. The molecule has 1 aliphatic heterocycles. The minimum atomic E-state index is 0.188. The Labute approximate surface area is 84.1 Å². The summed E-state index contributed by atoms with van der Waals surface area (Å²) in [6, 6.07) is 0. The Morgan fingerprint density at radius 3 is 3.14 bits per heavy atom. The van der Waals surface area contributed by atoms with Gasteiger partial charge in [-0.25, -0.2) is 4.98 Å². The molecular weight excluding hydrogens is 178 g/mol. The molecule has 1 aromatic rings. The van der Waals surface area contributed by atoms with Gasteiger partial charge in [-0.1, -0.05) is 0 Å². The number of aryl methyl sites for hydroxylation is 1. The minimum absolute atomic E-state index is 0.188. The molecule has 4 nitrogen and oxygen atoms in total. The van der Waals surface area contributed by atoms with Crippen LogP contribution in [0, 0.1) is 0 Å². The largest absolute Gasteiger partial charge is 0.369 e. The van der Waals surface area contributed by atoms with Crippen molar-refractivity contribution < 1.29 is 4.74 Å². The van der Waals surface area contributed by atoms with E-state index in [1.54, 1.807) is 0 Å². The van der Waals surface area contributed by atoms with E-state index in [1.807, 2.05) is 24.1 Å². The second-order valence-electron chi connectivity index (χ2n) is 3.87. The highest BCUT2D eigenvalue weighted by atomic mass is 16.5. The van der Waals surface area contributed by atoms with Crippen molar-refractivity contribution in [3.05, 3.63) is 18.2 Å². The molecule has 2 heterocycles. The fraction of sp³-hybridized carbons (Fsp3) is 0.700. The zero-order valence-electron chi connectivity index (χ0n) is 8.52. The van der Waals surface area contributed by atoms with Crippen LogP contribution in [-0.4, -0.2) is 22.2 Å². The molecular formula is C10H17N3O. The van der Waals surface area contributed by atoms with Crippen molar-refractivity contribution in [3.63, 3.8) is 0 Å². The van der Waals surface area contributed by atoms with Gasteiger partial charge in [-0.15, -0.1) is 0 Å². The van der Waals surface area contributed by atoms with Crippen LogP contribution in [0.25, 0.3) is 0 Å². The molecule has 0 saturated carbocycles. The SMILES string of the molecule is Cn1cnc(C2CCC(CCN)O2)c1. The zero-order valence-corrected chi connectivity index (χ0v) is 8.52. The maximum Gasteiger partial charge on any atom is 0.101 e. The number of aromatic nitrogens is 2. The lowest BCUT2D eigenvalue weighted by Crippen LogP contribution is -2.12. The molecule has 1 aromatic heterocycles. The summed E-state index contributed by atoms with van der Waals surface area (Å²) in [6.07, 6.45) is 7.51. The van der Waals surface area contributed by atoms with E-state index in [9.17, 15) is 0 Å². The average molecular weight is 195 g/mol. The van der Waals surface area contributed by atoms with Crippen LogP contribution < -0.4 is 5.73 Å². The normalized spacial score (nSPS) is 27.0. The van der Waals surface area contributed by atoms with Crippen molar-refractivity contribution in [2.45, 2.75) is 31.5 Å². The van der Waals surface area contributed by atoms with E-state index in [0.717, 1.165) is 25.0 Å². The van der Waals surface area contributed by atoms with Gasteiger partial charge in [0, 0.05) is 13.2 Å². The Bertz CT molecular complexity index is 297. The van der Waals surface area contributed by atoms with E-state index in [-0.39, 0.29) is 6.10 Å². The van der Waals surface area contributed by atoms with Crippen LogP contribution in [-0.2, 0) is 11.8 Å². The maximum atomic E-state index is 5.85. The summed E-state index contributed by atoms with van der Waals surface area (Å²) in [5.74, 6) is 0. The Balaban J connectivity index is 1.95. The van der Waals surface area contributed by atoms with Crippen molar-refractivity contribution in [2.75, 3.05) is 6.54 Å². The van der Waals surface area contributed by atoms with E-state index in [0.29, 0.717) is 12.6 Å². The van der Waals surface area contributed by atoms with Gasteiger partial charge in [0.05, 0.1) is 18.1 Å². The number of nitrogens with two attached hydrogens (primary N) is 1. The van der Waals surface area contributed by atoms with Gasteiger partial charge < -0.3 is 15.0 Å². The monoisotopic (exact) mass is 195 g/mol. The molecule has 2 unspecified atom stereocenters. The highest BCUT2D eigenvalue weighted by Gasteiger charge is 2.27. The van der Waals surface area contributed by atoms with Gasteiger partial charge in [0.15, 0.2) is 0 Å². The molecule has 0 bridgehead atoms. The summed E-state index contributed by atoms with van der Waals surface area (Å²) in [5, 5.41) is 0. The quantitative estimate of drug-likeness (QED) is 0.782. The standard InChI is InChI=1S/C10H17N3O/c1-13-6-9(12-7-13)10-3-2-8(14-10)4-5-11/h6-8,10H,2-5,11H2,1H3. The topological polar surface area (TPSA) is 53.1 Å². The third kappa shape index (κ3) is 1.96. The first-order valence-corrected chi connectivity index (χ1v) is 5.13. The van der Waals surface area contributed by atoms with Gasteiger partial charge in [-0.3, -0.25) is 0 Å².